The van der Waals surface area contributed by atoms with Crippen LogP contribution in [0.5, 0.6) is 0 Å². The van der Waals surface area contributed by atoms with Crippen molar-refractivity contribution < 1.29 is 90.3 Å². The first-order valence-corrected chi connectivity index (χ1v) is 19.0. The Balaban J connectivity index is -0.000000471. The van der Waals surface area contributed by atoms with E-state index in [0.29, 0.717) is 0 Å². The van der Waals surface area contributed by atoms with Gasteiger partial charge < -0.3 is 33.6 Å². The van der Waals surface area contributed by atoms with Crippen molar-refractivity contribution in [3.63, 3.8) is 0 Å². The monoisotopic (exact) mass is 672 g/mol. The standard InChI is InChI=1S/C20H38O7S.Na.2H3O3PS/c1-5-9-11-16(7-3)14-26-19(21)13-18(28(23,24)25)20(22)27-15-17(8-4)12-10-6-2;;2*1-4(2,3)5/h16-18H,5-15H2,1-4H3,(H,23,24,25);;2*(H3,1,2,3,5)/q;+1;;/p-1. The molecule has 0 bridgehead atoms. The first-order chi connectivity index (χ1) is 17.2. The molecule has 4 N–H and O–H groups in total. The number of carbonyl (C=O) groups excluding carboxylic acids is 2. The third-order valence-corrected chi connectivity index (χ3v) is 6.05. The molecule has 0 radical (unpaired) electrons. The summed E-state index contributed by atoms with van der Waals surface area (Å²) in [6.45, 7) is 0.376. The summed E-state index contributed by atoms with van der Waals surface area (Å²) < 4.78 is 63.0. The molecule has 0 rings (SSSR count). The minimum absolute atomic E-state index is 0. The van der Waals surface area contributed by atoms with Crippen LogP contribution in [0.4, 0.5) is 0 Å². The van der Waals surface area contributed by atoms with E-state index in [0.717, 1.165) is 51.4 Å². The van der Waals surface area contributed by atoms with Crippen molar-refractivity contribution in [2.75, 3.05) is 13.2 Å². The second-order valence-electron chi connectivity index (χ2n) is 8.36. The van der Waals surface area contributed by atoms with E-state index in [4.69, 9.17) is 29.0 Å². The summed E-state index contributed by atoms with van der Waals surface area (Å²) in [4.78, 5) is 54.1. The minimum Gasteiger partial charge on any atom is -0.747 e. The summed E-state index contributed by atoms with van der Waals surface area (Å²) in [5, 5.41) is -2.06. The molecular formula is C20H43NaO13P2S3. The number of ether oxygens (including phenoxy) is 2. The Morgan fingerprint density at radius 2 is 1.15 bits per heavy atom. The molecule has 3 atom stereocenters. The molecule has 0 spiro atoms. The van der Waals surface area contributed by atoms with Crippen LogP contribution < -0.4 is 29.6 Å². The fraction of sp³-hybridized carbons (Fsp3) is 0.900. The molecule has 0 saturated carbocycles. The Labute approximate surface area is 264 Å². The van der Waals surface area contributed by atoms with Gasteiger partial charge >= 0.3 is 55.1 Å². The van der Waals surface area contributed by atoms with Gasteiger partial charge in [-0.1, -0.05) is 90.7 Å². The molecule has 3 unspecified atom stereocenters. The van der Waals surface area contributed by atoms with Gasteiger partial charge in [-0.05, 0) is 24.7 Å². The number of rotatable bonds is 16. The topological polar surface area (TPSA) is 225 Å². The van der Waals surface area contributed by atoms with Crippen molar-refractivity contribution >= 4 is 60.1 Å². The molecule has 13 nitrogen and oxygen atoms in total. The van der Waals surface area contributed by atoms with Crippen molar-refractivity contribution in [3.8, 4) is 0 Å². The van der Waals surface area contributed by atoms with Crippen LogP contribution in [0.25, 0.3) is 0 Å². The largest absolute Gasteiger partial charge is 1.00 e. The number of hydrogen-bond acceptors (Lipinski definition) is 9. The SMILES string of the molecule is CCCCC(CC)COC(=O)CC(C(=O)OCC(CC)CCCC)S(=O)(=O)[O-].O=P(O)(O)S.O=P(O)(O)S.[Na+]. The van der Waals surface area contributed by atoms with E-state index in [9.17, 15) is 31.7 Å². The van der Waals surface area contributed by atoms with Crippen LogP contribution in [0.15, 0.2) is 0 Å². The van der Waals surface area contributed by atoms with Crippen LogP contribution in [0.2, 0.25) is 0 Å². The molecule has 19 heteroatoms. The zero-order valence-electron chi connectivity index (χ0n) is 23.2. The van der Waals surface area contributed by atoms with E-state index in [1.807, 2.05) is 13.8 Å². The first kappa shape index (κ1) is 46.8. The maximum absolute atomic E-state index is 12.1. The van der Waals surface area contributed by atoms with Crippen LogP contribution in [0.3, 0.4) is 0 Å². The van der Waals surface area contributed by atoms with Gasteiger partial charge in [0.1, 0.15) is 10.1 Å². The molecule has 0 fully saturated rings. The molecule has 0 aromatic heterocycles. The first-order valence-electron chi connectivity index (χ1n) is 12.0. The van der Waals surface area contributed by atoms with Gasteiger partial charge in [-0.2, -0.15) is 0 Å². The Bertz CT molecular complexity index is 813. The second-order valence-corrected chi connectivity index (χ2v) is 15.1. The molecule has 230 valence electrons. The normalized spacial score (nSPS) is 13.7. The fourth-order valence-corrected chi connectivity index (χ4v) is 3.46. The van der Waals surface area contributed by atoms with E-state index in [-0.39, 0.29) is 54.6 Å². The van der Waals surface area contributed by atoms with Gasteiger partial charge in [0.05, 0.1) is 19.6 Å². The van der Waals surface area contributed by atoms with Crippen molar-refractivity contribution in [2.45, 2.75) is 90.7 Å². The summed E-state index contributed by atoms with van der Waals surface area (Å²) in [5.74, 6) is -1.74. The Morgan fingerprint density at radius 1 is 0.821 bits per heavy atom. The zero-order chi connectivity index (χ0) is 30.6. The maximum Gasteiger partial charge on any atom is 1.00 e. The number of hydrogen-bond donors (Lipinski definition) is 6. The molecule has 0 aromatic carbocycles. The molecule has 0 aromatic rings. The van der Waals surface area contributed by atoms with E-state index in [1.54, 1.807) is 0 Å². The molecule has 0 aliphatic rings. The van der Waals surface area contributed by atoms with Crippen molar-refractivity contribution in [1.29, 1.82) is 0 Å². The summed E-state index contributed by atoms with van der Waals surface area (Å²) in [6.07, 6.45) is 6.58. The molecule has 0 aliphatic carbocycles. The van der Waals surface area contributed by atoms with Crippen LogP contribution in [0.1, 0.15) is 85.5 Å². The predicted octanol–water partition coefficient (Wildman–Crippen LogP) is 0.831. The predicted molar refractivity (Wildman–Crippen MR) is 149 cm³/mol. The minimum atomic E-state index is -5.01. The summed E-state index contributed by atoms with van der Waals surface area (Å²) in [7, 11) is -5.01. The van der Waals surface area contributed by atoms with Gasteiger partial charge in [0.25, 0.3) is 0 Å². The van der Waals surface area contributed by atoms with Crippen molar-refractivity contribution in [3.05, 3.63) is 0 Å². The van der Waals surface area contributed by atoms with Crippen molar-refractivity contribution in [1.82, 2.24) is 0 Å². The fourth-order valence-electron chi connectivity index (χ4n) is 2.81. The quantitative estimate of drug-likeness (QED) is 0.0440. The molecule has 0 aliphatic heterocycles. The van der Waals surface area contributed by atoms with Gasteiger partial charge in [-0.3, -0.25) is 9.59 Å². The van der Waals surface area contributed by atoms with Gasteiger partial charge in [0.15, 0.2) is 5.25 Å². The third-order valence-electron chi connectivity index (χ3n) is 4.99. The Morgan fingerprint density at radius 3 is 1.44 bits per heavy atom. The van der Waals surface area contributed by atoms with Crippen LogP contribution in [-0.4, -0.2) is 62.9 Å². The van der Waals surface area contributed by atoms with Gasteiger partial charge in [0.2, 0.25) is 0 Å². The number of thiol groups is 2. The van der Waals surface area contributed by atoms with Gasteiger partial charge in [-0.25, -0.2) is 17.5 Å². The molecule has 0 amide bonds. The van der Waals surface area contributed by atoms with E-state index in [2.05, 4.69) is 38.3 Å². The van der Waals surface area contributed by atoms with E-state index >= 15 is 0 Å². The Kier molecular flexibility index (Phi) is 30.4. The van der Waals surface area contributed by atoms with Crippen LogP contribution in [-0.2, 0) is 38.3 Å². The zero-order valence-corrected chi connectivity index (χ0v) is 29.6. The summed E-state index contributed by atoms with van der Waals surface area (Å²) >= 11 is 5.58. The smallest absolute Gasteiger partial charge is 0.747 e. The van der Waals surface area contributed by atoms with E-state index < -0.39 is 47.3 Å². The average molecular weight is 673 g/mol. The van der Waals surface area contributed by atoms with Gasteiger partial charge in [-0.15, -0.1) is 0 Å². The van der Waals surface area contributed by atoms with Crippen LogP contribution in [0, 0.1) is 11.8 Å². The number of carbonyl (C=O) groups is 2. The van der Waals surface area contributed by atoms with E-state index in [1.165, 1.54) is 0 Å². The van der Waals surface area contributed by atoms with Gasteiger partial charge in [0, 0.05) is 0 Å². The summed E-state index contributed by atoms with van der Waals surface area (Å²) in [5.41, 5.74) is 0. The molecule has 0 saturated heterocycles. The third kappa shape index (κ3) is 38.9. The van der Waals surface area contributed by atoms with Crippen LogP contribution >= 0.6 is 38.1 Å². The molecule has 0 heterocycles. The molecule has 39 heavy (non-hydrogen) atoms. The maximum atomic E-state index is 12.1. The second kappa shape index (κ2) is 25.4. The van der Waals surface area contributed by atoms with Crippen molar-refractivity contribution in [2.24, 2.45) is 11.8 Å². The molecular weight excluding hydrogens is 629 g/mol. The Hall–Kier alpha value is 0.850. The number of unbranched alkanes of at least 4 members (excludes halogenated alkanes) is 2. The summed E-state index contributed by atoms with van der Waals surface area (Å²) in [6, 6.07) is 0. The number of esters is 2. The average Bonchev–Trinajstić information content (AvgIpc) is 2.74.